The number of hydrogen-bond donors (Lipinski definition) is 0. The van der Waals surface area contributed by atoms with Gasteiger partial charge < -0.3 is 13.9 Å². The maximum atomic E-state index is 12.5. The van der Waals surface area contributed by atoms with Gasteiger partial charge in [-0.25, -0.2) is 14.4 Å². The Morgan fingerprint density at radius 1 is 0.923 bits per heavy atom. The van der Waals surface area contributed by atoms with Crippen molar-refractivity contribution >= 4 is 22.9 Å². The van der Waals surface area contributed by atoms with Crippen molar-refractivity contribution in [2.45, 2.75) is 6.92 Å². The lowest BCUT2D eigenvalue weighted by Gasteiger charge is -2.10. The average molecular weight is 352 g/mol. The molecule has 0 bridgehead atoms. The topological polar surface area (TPSA) is 82.8 Å². The molecule has 0 aliphatic heterocycles. The van der Waals surface area contributed by atoms with Crippen LogP contribution in [0.25, 0.3) is 22.1 Å². The predicted octanol–water partition coefficient (Wildman–Crippen LogP) is 3.34. The Morgan fingerprint density at radius 2 is 1.58 bits per heavy atom. The van der Waals surface area contributed by atoms with Gasteiger partial charge in [-0.1, -0.05) is 35.9 Å². The molecule has 2 aromatic carbocycles. The molecule has 0 unspecified atom stereocenters. The lowest BCUT2D eigenvalue weighted by atomic mass is 10.0. The largest absolute Gasteiger partial charge is 0.465 e. The summed E-state index contributed by atoms with van der Waals surface area (Å²) in [7, 11) is 2.38. The highest BCUT2D eigenvalue weighted by Gasteiger charge is 2.24. The van der Waals surface area contributed by atoms with E-state index in [-0.39, 0.29) is 16.7 Å². The molecule has 3 aromatic rings. The second-order valence-electron chi connectivity index (χ2n) is 5.70. The molecular formula is C20H16O6. The highest BCUT2D eigenvalue weighted by molar-refractivity contribution is 6.11. The fourth-order valence-corrected chi connectivity index (χ4v) is 2.70. The summed E-state index contributed by atoms with van der Waals surface area (Å²) < 4.78 is 14.8. The highest BCUT2D eigenvalue weighted by Crippen LogP contribution is 2.27. The first kappa shape index (κ1) is 17.4. The number of aryl methyl sites for hydroxylation is 1. The molecule has 6 heteroatoms. The van der Waals surface area contributed by atoms with E-state index < -0.39 is 17.6 Å². The fourth-order valence-electron chi connectivity index (χ4n) is 2.70. The van der Waals surface area contributed by atoms with E-state index in [2.05, 4.69) is 4.74 Å². The summed E-state index contributed by atoms with van der Waals surface area (Å²) in [4.78, 5) is 36.6. The van der Waals surface area contributed by atoms with Crippen LogP contribution in [0, 0.1) is 6.92 Å². The standard InChI is InChI=1S/C20H16O6/c1-11-4-6-12(7-5-11)15-10-13-8-9-14(18(21)24-2)16(20(23)25-3)17(13)26-19(15)22/h4-10H,1-3H3. The Balaban J connectivity index is 2.30. The van der Waals surface area contributed by atoms with Gasteiger partial charge >= 0.3 is 17.6 Å². The van der Waals surface area contributed by atoms with Gasteiger partial charge in [0, 0.05) is 5.39 Å². The maximum absolute atomic E-state index is 12.5. The van der Waals surface area contributed by atoms with Crippen molar-refractivity contribution in [1.29, 1.82) is 0 Å². The number of methoxy groups -OCH3 is 2. The smallest absolute Gasteiger partial charge is 0.344 e. The summed E-state index contributed by atoms with van der Waals surface area (Å²) in [5.41, 5.74) is 1.33. The molecule has 0 saturated heterocycles. The van der Waals surface area contributed by atoms with E-state index in [0.29, 0.717) is 16.5 Å². The van der Waals surface area contributed by atoms with Crippen molar-refractivity contribution in [3.8, 4) is 11.1 Å². The van der Waals surface area contributed by atoms with Crippen LogP contribution >= 0.6 is 0 Å². The zero-order valence-corrected chi connectivity index (χ0v) is 14.5. The molecular weight excluding hydrogens is 336 g/mol. The molecule has 0 atom stereocenters. The van der Waals surface area contributed by atoms with Gasteiger partial charge in [-0.2, -0.15) is 0 Å². The number of carbonyl (C=O) groups excluding carboxylic acids is 2. The molecule has 0 radical (unpaired) electrons. The third-order valence-corrected chi connectivity index (χ3v) is 4.06. The molecule has 0 fully saturated rings. The monoisotopic (exact) mass is 352 g/mol. The van der Waals surface area contributed by atoms with Crippen LogP contribution in [0.1, 0.15) is 26.3 Å². The highest BCUT2D eigenvalue weighted by atomic mass is 16.5. The van der Waals surface area contributed by atoms with E-state index in [4.69, 9.17) is 9.15 Å². The Labute approximate surface area is 149 Å². The molecule has 0 saturated carbocycles. The third-order valence-electron chi connectivity index (χ3n) is 4.06. The SMILES string of the molecule is COC(=O)c1ccc2cc(-c3ccc(C)cc3)c(=O)oc2c1C(=O)OC. The van der Waals surface area contributed by atoms with E-state index in [1.165, 1.54) is 20.3 Å². The van der Waals surface area contributed by atoms with Gasteiger partial charge in [-0.3, -0.25) is 0 Å². The van der Waals surface area contributed by atoms with Gasteiger partial charge in [-0.05, 0) is 24.6 Å². The Bertz CT molecular complexity index is 1060. The molecule has 1 heterocycles. The summed E-state index contributed by atoms with van der Waals surface area (Å²) in [5, 5.41) is 0.494. The Hall–Kier alpha value is -3.41. The number of benzene rings is 2. The van der Waals surface area contributed by atoms with Crippen molar-refractivity contribution in [3.05, 3.63) is 69.6 Å². The molecule has 3 rings (SSSR count). The van der Waals surface area contributed by atoms with Gasteiger partial charge in [0.25, 0.3) is 0 Å². The fraction of sp³-hybridized carbons (Fsp3) is 0.150. The second-order valence-corrected chi connectivity index (χ2v) is 5.70. The van der Waals surface area contributed by atoms with Crippen LogP contribution in [-0.4, -0.2) is 26.2 Å². The Kier molecular flexibility index (Phi) is 4.58. The van der Waals surface area contributed by atoms with Crippen molar-refractivity contribution < 1.29 is 23.5 Å². The van der Waals surface area contributed by atoms with Gasteiger partial charge in [0.15, 0.2) is 5.58 Å². The minimum atomic E-state index is -0.790. The first-order valence-electron chi connectivity index (χ1n) is 7.80. The summed E-state index contributed by atoms with van der Waals surface area (Å²) in [6, 6.07) is 12.1. The number of carbonyl (C=O) groups is 2. The van der Waals surface area contributed by atoms with E-state index in [1.54, 1.807) is 12.1 Å². The van der Waals surface area contributed by atoms with Crippen LogP contribution in [0.2, 0.25) is 0 Å². The van der Waals surface area contributed by atoms with Crippen LogP contribution in [0.3, 0.4) is 0 Å². The third kappa shape index (κ3) is 2.97. The summed E-state index contributed by atoms with van der Waals surface area (Å²) in [5.74, 6) is -1.51. The second kappa shape index (κ2) is 6.84. The number of esters is 2. The molecule has 0 N–H and O–H groups in total. The van der Waals surface area contributed by atoms with Crippen molar-refractivity contribution in [3.63, 3.8) is 0 Å². The van der Waals surface area contributed by atoms with Gasteiger partial charge in [0.05, 0.1) is 25.3 Å². The summed E-state index contributed by atoms with van der Waals surface area (Å²) >= 11 is 0. The van der Waals surface area contributed by atoms with E-state index in [9.17, 15) is 14.4 Å². The molecule has 0 aliphatic rings. The van der Waals surface area contributed by atoms with Gasteiger partial charge in [-0.15, -0.1) is 0 Å². The molecule has 132 valence electrons. The lowest BCUT2D eigenvalue weighted by molar-refractivity contribution is 0.0556. The molecule has 26 heavy (non-hydrogen) atoms. The van der Waals surface area contributed by atoms with Crippen molar-refractivity contribution in [2.24, 2.45) is 0 Å². The maximum Gasteiger partial charge on any atom is 0.344 e. The number of fused-ring (bicyclic) bond motifs is 1. The molecule has 0 aliphatic carbocycles. The van der Waals surface area contributed by atoms with E-state index >= 15 is 0 Å². The zero-order valence-electron chi connectivity index (χ0n) is 14.5. The first-order valence-corrected chi connectivity index (χ1v) is 7.80. The van der Waals surface area contributed by atoms with Crippen LogP contribution in [0.15, 0.2) is 51.7 Å². The molecule has 0 spiro atoms. The van der Waals surface area contributed by atoms with E-state index in [1.807, 2.05) is 31.2 Å². The quantitative estimate of drug-likeness (QED) is 0.531. The van der Waals surface area contributed by atoms with Crippen LogP contribution < -0.4 is 5.63 Å². The normalized spacial score (nSPS) is 10.6. The summed E-state index contributed by atoms with van der Waals surface area (Å²) in [6.07, 6.45) is 0. The minimum Gasteiger partial charge on any atom is -0.465 e. The first-order chi connectivity index (χ1) is 12.5. The number of rotatable bonds is 3. The number of ether oxygens (including phenoxy) is 2. The minimum absolute atomic E-state index is 0.0133. The van der Waals surface area contributed by atoms with E-state index in [0.717, 1.165) is 5.56 Å². The zero-order chi connectivity index (χ0) is 18.8. The molecule has 0 amide bonds. The lowest BCUT2D eigenvalue weighted by Crippen LogP contribution is -2.14. The summed E-state index contributed by atoms with van der Waals surface area (Å²) in [6.45, 7) is 1.95. The number of hydrogen-bond acceptors (Lipinski definition) is 6. The van der Waals surface area contributed by atoms with Crippen molar-refractivity contribution in [1.82, 2.24) is 0 Å². The predicted molar refractivity (Wildman–Crippen MR) is 95.3 cm³/mol. The Morgan fingerprint density at radius 3 is 2.19 bits per heavy atom. The molecule has 6 nitrogen and oxygen atoms in total. The van der Waals surface area contributed by atoms with Crippen LogP contribution in [0.4, 0.5) is 0 Å². The average Bonchev–Trinajstić information content (AvgIpc) is 2.66. The van der Waals surface area contributed by atoms with Crippen molar-refractivity contribution in [2.75, 3.05) is 14.2 Å². The van der Waals surface area contributed by atoms with Gasteiger partial charge in [0.2, 0.25) is 0 Å². The van der Waals surface area contributed by atoms with Crippen LogP contribution in [-0.2, 0) is 9.47 Å². The molecule has 1 aromatic heterocycles. The van der Waals surface area contributed by atoms with Gasteiger partial charge in [0.1, 0.15) is 5.56 Å². The van der Waals surface area contributed by atoms with Crippen LogP contribution in [0.5, 0.6) is 0 Å².